The number of fused-ring (bicyclic) bond motifs is 16. The topological polar surface area (TPSA) is 35.1 Å². The number of rotatable bonds is 2. The second-order valence-corrected chi connectivity index (χ2v) is 14.5. The van der Waals surface area contributed by atoms with Gasteiger partial charge in [0.2, 0.25) is 5.95 Å². The molecule has 0 atom stereocenters. The van der Waals surface area contributed by atoms with Crippen molar-refractivity contribution in [1.29, 1.82) is 0 Å². The standard InChI is InChI=1S/C50H28N4/c1-2-14-32-27-33(22-21-29(32)11-1)45-39-26-24-30-12-3-5-15-34(30)46(39)52-50(51-45)54-43-20-10-8-18-37(43)41-28-40-36-17-7-9-19-42(36)53-47-35-16-6-4-13-31(35)23-25-38(47)44(48(40)53)49(41)54/h1-28H. The Labute approximate surface area is 308 Å². The van der Waals surface area contributed by atoms with Gasteiger partial charge in [-0.3, -0.25) is 4.57 Å². The molecule has 13 rings (SSSR count). The molecule has 54 heavy (non-hydrogen) atoms. The van der Waals surface area contributed by atoms with Crippen LogP contribution in [0.5, 0.6) is 0 Å². The first-order valence-corrected chi connectivity index (χ1v) is 18.5. The fourth-order valence-corrected chi connectivity index (χ4v) is 9.47. The maximum Gasteiger partial charge on any atom is 0.235 e. The third kappa shape index (κ3) is 3.57. The lowest BCUT2D eigenvalue weighted by Crippen LogP contribution is -2.04. The normalized spacial score (nSPS) is 12.4. The lowest BCUT2D eigenvalue weighted by molar-refractivity contribution is 1.02. The van der Waals surface area contributed by atoms with Gasteiger partial charge in [0.15, 0.2) is 0 Å². The van der Waals surface area contributed by atoms with Crippen LogP contribution >= 0.6 is 0 Å². The summed E-state index contributed by atoms with van der Waals surface area (Å²) in [6, 6.07) is 61.6. The van der Waals surface area contributed by atoms with Crippen molar-refractivity contribution in [2.24, 2.45) is 0 Å². The summed E-state index contributed by atoms with van der Waals surface area (Å²) in [5.74, 6) is 0.667. The fourth-order valence-electron chi connectivity index (χ4n) is 9.47. The summed E-state index contributed by atoms with van der Waals surface area (Å²) in [7, 11) is 0. The van der Waals surface area contributed by atoms with Gasteiger partial charge in [-0.05, 0) is 51.9 Å². The maximum atomic E-state index is 5.59. The van der Waals surface area contributed by atoms with Crippen LogP contribution in [-0.4, -0.2) is 18.9 Å². The Morgan fingerprint density at radius 2 is 0.944 bits per heavy atom. The first kappa shape index (κ1) is 28.3. The highest BCUT2D eigenvalue weighted by molar-refractivity contribution is 6.36. The molecule has 0 amide bonds. The van der Waals surface area contributed by atoms with Gasteiger partial charge >= 0.3 is 0 Å². The van der Waals surface area contributed by atoms with Gasteiger partial charge in [0.05, 0.1) is 38.8 Å². The molecule has 0 saturated heterocycles. The Kier molecular flexibility index (Phi) is 5.34. The third-order valence-corrected chi connectivity index (χ3v) is 11.8. The van der Waals surface area contributed by atoms with Gasteiger partial charge in [0, 0.05) is 54.0 Å². The maximum absolute atomic E-state index is 5.59. The van der Waals surface area contributed by atoms with Crippen LogP contribution in [0.2, 0.25) is 0 Å². The molecule has 4 heterocycles. The monoisotopic (exact) mass is 684 g/mol. The number of hydrogen-bond acceptors (Lipinski definition) is 2. The predicted molar refractivity (Wildman–Crippen MR) is 226 cm³/mol. The molecule has 0 radical (unpaired) electrons. The van der Waals surface area contributed by atoms with Gasteiger partial charge in [0.25, 0.3) is 0 Å². The summed E-state index contributed by atoms with van der Waals surface area (Å²) in [4.78, 5) is 11.2. The van der Waals surface area contributed by atoms with Gasteiger partial charge in [-0.2, -0.15) is 0 Å². The molecular weight excluding hydrogens is 657 g/mol. The zero-order valence-electron chi connectivity index (χ0n) is 29.0. The van der Waals surface area contributed by atoms with Crippen molar-refractivity contribution < 1.29 is 0 Å². The molecule has 0 aliphatic heterocycles. The Bertz CT molecular complexity index is 3740. The van der Waals surface area contributed by atoms with E-state index >= 15 is 0 Å². The summed E-state index contributed by atoms with van der Waals surface area (Å²) in [5.41, 5.74) is 8.86. The minimum absolute atomic E-state index is 0.667. The Hall–Kier alpha value is -7.30. The van der Waals surface area contributed by atoms with Crippen molar-refractivity contribution in [2.75, 3.05) is 0 Å². The molecule has 0 fully saturated rings. The van der Waals surface area contributed by atoms with Crippen LogP contribution in [0.25, 0.3) is 120 Å². The van der Waals surface area contributed by atoms with Crippen LogP contribution in [0.1, 0.15) is 0 Å². The highest BCUT2D eigenvalue weighted by atomic mass is 15.2. The summed E-state index contributed by atoms with van der Waals surface area (Å²) < 4.78 is 4.85. The Balaban J connectivity index is 1.26. The average molecular weight is 685 g/mol. The van der Waals surface area contributed by atoms with Gasteiger partial charge in [-0.1, -0.05) is 140 Å². The van der Waals surface area contributed by atoms with E-state index in [2.05, 4.69) is 179 Å². The number of hydrogen-bond donors (Lipinski definition) is 0. The van der Waals surface area contributed by atoms with E-state index in [4.69, 9.17) is 9.97 Å². The zero-order valence-corrected chi connectivity index (χ0v) is 29.0. The first-order chi connectivity index (χ1) is 26.8. The quantitative estimate of drug-likeness (QED) is 0.170. The summed E-state index contributed by atoms with van der Waals surface area (Å²) in [6.07, 6.45) is 0. The Morgan fingerprint density at radius 3 is 1.76 bits per heavy atom. The van der Waals surface area contributed by atoms with E-state index in [9.17, 15) is 0 Å². The molecule has 4 nitrogen and oxygen atoms in total. The van der Waals surface area contributed by atoms with Crippen LogP contribution in [0, 0.1) is 0 Å². The van der Waals surface area contributed by atoms with E-state index in [1.807, 2.05) is 0 Å². The van der Waals surface area contributed by atoms with E-state index in [0.717, 1.165) is 44.0 Å². The van der Waals surface area contributed by atoms with E-state index < -0.39 is 0 Å². The van der Waals surface area contributed by atoms with Crippen LogP contribution in [0.15, 0.2) is 170 Å². The lowest BCUT2D eigenvalue weighted by Gasteiger charge is -2.14. The van der Waals surface area contributed by atoms with E-state index in [-0.39, 0.29) is 0 Å². The molecule has 0 saturated carbocycles. The first-order valence-electron chi connectivity index (χ1n) is 18.5. The number of para-hydroxylation sites is 2. The zero-order chi connectivity index (χ0) is 35.1. The molecule has 4 heteroatoms. The highest BCUT2D eigenvalue weighted by Gasteiger charge is 2.26. The molecule has 0 aliphatic carbocycles. The smallest absolute Gasteiger partial charge is 0.235 e. The fraction of sp³-hybridized carbons (Fsp3) is 0. The molecular formula is C50H28N4. The van der Waals surface area contributed by atoms with Gasteiger partial charge in [-0.25, -0.2) is 9.97 Å². The number of benzene rings is 9. The van der Waals surface area contributed by atoms with Crippen molar-refractivity contribution in [3.8, 4) is 17.2 Å². The van der Waals surface area contributed by atoms with Crippen molar-refractivity contribution in [2.45, 2.75) is 0 Å². The molecule has 13 aromatic rings. The van der Waals surface area contributed by atoms with Crippen LogP contribution in [-0.2, 0) is 0 Å². The lowest BCUT2D eigenvalue weighted by atomic mass is 10.00. The molecule has 0 spiro atoms. The number of nitrogens with zero attached hydrogens (tertiary/aromatic N) is 4. The van der Waals surface area contributed by atoms with Crippen LogP contribution < -0.4 is 0 Å². The molecule has 0 bridgehead atoms. The largest absolute Gasteiger partial charge is 0.307 e. The van der Waals surface area contributed by atoms with Gasteiger partial charge < -0.3 is 4.40 Å². The van der Waals surface area contributed by atoms with E-state index in [0.29, 0.717) is 5.95 Å². The molecule has 4 aromatic heterocycles. The second kappa shape index (κ2) is 10.2. The molecule has 248 valence electrons. The van der Waals surface area contributed by atoms with Crippen molar-refractivity contribution in [3.05, 3.63) is 170 Å². The van der Waals surface area contributed by atoms with Crippen LogP contribution in [0.4, 0.5) is 0 Å². The minimum Gasteiger partial charge on any atom is -0.307 e. The minimum atomic E-state index is 0.667. The summed E-state index contributed by atoms with van der Waals surface area (Å²) >= 11 is 0. The number of aromatic nitrogens is 4. The molecule has 0 unspecified atom stereocenters. The van der Waals surface area contributed by atoms with Gasteiger partial charge in [0.1, 0.15) is 0 Å². The van der Waals surface area contributed by atoms with Crippen molar-refractivity contribution in [3.63, 3.8) is 0 Å². The van der Waals surface area contributed by atoms with Crippen LogP contribution in [0.3, 0.4) is 0 Å². The predicted octanol–water partition coefficient (Wildman–Crippen LogP) is 13.0. The summed E-state index contributed by atoms with van der Waals surface area (Å²) in [6.45, 7) is 0. The van der Waals surface area contributed by atoms with Crippen molar-refractivity contribution in [1.82, 2.24) is 18.9 Å². The summed E-state index contributed by atoms with van der Waals surface area (Å²) in [5, 5.41) is 15.6. The van der Waals surface area contributed by atoms with Gasteiger partial charge in [-0.15, -0.1) is 0 Å². The molecule has 0 aliphatic rings. The van der Waals surface area contributed by atoms with Crippen molar-refractivity contribution >= 4 is 103 Å². The van der Waals surface area contributed by atoms with E-state index in [1.54, 1.807) is 0 Å². The highest BCUT2D eigenvalue weighted by Crippen LogP contribution is 2.48. The SMILES string of the molecule is c1ccc2cc(-c3nc(-n4c5ccccc5c5cc6c7ccccc7n7c8c9ccccc9ccc8c(c54)c67)nc4c3ccc3ccccc34)ccc2c1. The second-order valence-electron chi connectivity index (χ2n) is 14.5. The van der Waals surface area contributed by atoms with E-state index in [1.165, 1.54) is 70.4 Å². The third-order valence-electron chi connectivity index (χ3n) is 11.8. The molecule has 0 N–H and O–H groups in total. The average Bonchev–Trinajstić information content (AvgIpc) is 3.88. The Morgan fingerprint density at radius 1 is 0.352 bits per heavy atom. The molecule has 9 aromatic carbocycles.